The maximum absolute atomic E-state index is 13.8. The molecule has 0 atom stereocenters. The molecule has 0 aliphatic rings. The van der Waals surface area contributed by atoms with Crippen LogP contribution in [0, 0.1) is 0 Å². The number of anilines is 2. The van der Waals surface area contributed by atoms with Gasteiger partial charge in [-0.2, -0.15) is 0 Å². The van der Waals surface area contributed by atoms with Gasteiger partial charge in [0.1, 0.15) is 30.3 Å². The van der Waals surface area contributed by atoms with Crippen molar-refractivity contribution in [1.29, 1.82) is 0 Å². The molecule has 0 bridgehead atoms. The number of carbonyl (C=O) groups is 2. The molecule has 4 aromatic carbocycles. The predicted molar refractivity (Wildman–Crippen MR) is 172 cm³/mol. The van der Waals surface area contributed by atoms with Crippen LogP contribution in [0.25, 0.3) is 0 Å². The van der Waals surface area contributed by atoms with Gasteiger partial charge in [-0.3, -0.25) is 18.2 Å². The minimum Gasteiger partial charge on any atom is -0.497 e. The van der Waals surface area contributed by atoms with E-state index < -0.39 is 45.1 Å². The van der Waals surface area contributed by atoms with Gasteiger partial charge >= 0.3 is 11.9 Å². The zero-order chi connectivity index (χ0) is 34.2. The average Bonchev–Trinajstić information content (AvgIpc) is 3.06. The van der Waals surface area contributed by atoms with Gasteiger partial charge in [0.2, 0.25) is 0 Å². The number of hydrogen-bond donors (Lipinski definition) is 2. The Morgan fingerprint density at radius 1 is 0.660 bits per heavy atom. The molecule has 0 unspecified atom stereocenters. The normalized spacial score (nSPS) is 11.4. The average molecular weight is 685 g/mol. The van der Waals surface area contributed by atoms with E-state index in [0.717, 1.165) is 5.56 Å². The molecule has 47 heavy (non-hydrogen) atoms. The SMILES string of the molecule is COc1ccc(S(=O)(=O)N(CC(=O)O)c2ccc(N(CC(=O)O)S(=O)(=O)c3ccc(OC)cc3)c(OCCc3ccccc3)c2)cc1. The van der Waals surface area contributed by atoms with Crippen LogP contribution >= 0.6 is 0 Å². The van der Waals surface area contributed by atoms with E-state index in [2.05, 4.69) is 0 Å². The second-order valence-corrected chi connectivity index (χ2v) is 13.6. The minimum absolute atomic E-state index is 0.0197. The highest BCUT2D eigenvalue weighted by atomic mass is 32.2. The lowest BCUT2D eigenvalue weighted by Gasteiger charge is -2.28. The van der Waals surface area contributed by atoms with Crippen LogP contribution in [0.5, 0.6) is 17.2 Å². The second-order valence-electron chi connectivity index (χ2n) is 9.90. The van der Waals surface area contributed by atoms with Crippen LogP contribution in [-0.2, 0) is 36.1 Å². The number of ether oxygens (including phenoxy) is 3. The molecular formula is C32H32N2O11S2. The Kier molecular flexibility index (Phi) is 10.9. The number of sulfonamides is 2. The van der Waals surface area contributed by atoms with E-state index in [1.807, 2.05) is 30.3 Å². The van der Waals surface area contributed by atoms with Crippen LogP contribution in [0.3, 0.4) is 0 Å². The first-order valence-electron chi connectivity index (χ1n) is 13.9. The molecule has 15 heteroatoms. The zero-order valence-corrected chi connectivity index (χ0v) is 27.0. The predicted octanol–water partition coefficient (Wildman–Crippen LogP) is 3.89. The second kappa shape index (κ2) is 14.9. The van der Waals surface area contributed by atoms with Gasteiger partial charge < -0.3 is 24.4 Å². The topological polar surface area (TPSA) is 177 Å². The summed E-state index contributed by atoms with van der Waals surface area (Å²) in [5.41, 5.74) is 0.504. The summed E-state index contributed by atoms with van der Waals surface area (Å²) in [4.78, 5) is 23.4. The summed E-state index contributed by atoms with van der Waals surface area (Å²) in [6.07, 6.45) is 0.359. The van der Waals surface area contributed by atoms with Gasteiger partial charge in [-0.15, -0.1) is 0 Å². The van der Waals surface area contributed by atoms with E-state index in [-0.39, 0.29) is 33.5 Å². The van der Waals surface area contributed by atoms with Crippen LogP contribution in [0.15, 0.2) is 107 Å². The first-order valence-corrected chi connectivity index (χ1v) is 16.8. The van der Waals surface area contributed by atoms with E-state index in [1.54, 1.807) is 0 Å². The number of nitrogens with zero attached hydrogens (tertiary/aromatic N) is 2. The molecule has 0 saturated carbocycles. The van der Waals surface area contributed by atoms with Crippen LogP contribution in [0.1, 0.15) is 5.56 Å². The van der Waals surface area contributed by atoms with Crippen molar-refractivity contribution in [3.63, 3.8) is 0 Å². The van der Waals surface area contributed by atoms with Crippen molar-refractivity contribution in [3.05, 3.63) is 103 Å². The molecule has 2 N–H and O–H groups in total. The van der Waals surface area contributed by atoms with Gasteiger partial charge in [0.15, 0.2) is 0 Å². The van der Waals surface area contributed by atoms with Gasteiger partial charge in [-0.1, -0.05) is 30.3 Å². The fourth-order valence-electron chi connectivity index (χ4n) is 4.51. The van der Waals surface area contributed by atoms with Crippen molar-refractivity contribution in [2.45, 2.75) is 16.2 Å². The van der Waals surface area contributed by atoms with Crippen molar-refractivity contribution in [2.75, 3.05) is 42.5 Å². The lowest BCUT2D eigenvalue weighted by molar-refractivity contribution is -0.136. The third-order valence-corrected chi connectivity index (χ3v) is 10.4. The highest BCUT2D eigenvalue weighted by Gasteiger charge is 2.32. The van der Waals surface area contributed by atoms with Gasteiger partial charge in [0.25, 0.3) is 20.0 Å². The van der Waals surface area contributed by atoms with Crippen molar-refractivity contribution >= 4 is 43.4 Å². The summed E-state index contributed by atoms with van der Waals surface area (Å²) in [7, 11) is -6.19. The molecule has 0 aliphatic heterocycles. The van der Waals surface area contributed by atoms with Crippen LogP contribution < -0.4 is 22.8 Å². The summed E-state index contributed by atoms with van der Waals surface area (Å²) < 4.78 is 72.6. The van der Waals surface area contributed by atoms with Gasteiger partial charge in [-0.25, -0.2) is 16.8 Å². The summed E-state index contributed by atoms with van der Waals surface area (Å²) in [6, 6.07) is 23.3. The van der Waals surface area contributed by atoms with E-state index in [0.29, 0.717) is 26.5 Å². The number of hydrogen-bond acceptors (Lipinski definition) is 9. The van der Waals surface area contributed by atoms with Gasteiger partial charge in [-0.05, 0) is 66.2 Å². The van der Waals surface area contributed by atoms with E-state index in [1.165, 1.54) is 80.9 Å². The fraction of sp³-hybridized carbons (Fsp3) is 0.188. The Morgan fingerprint density at radius 3 is 1.64 bits per heavy atom. The number of methoxy groups -OCH3 is 2. The Bertz CT molecular complexity index is 1920. The largest absolute Gasteiger partial charge is 0.497 e. The standard InChI is InChI=1S/C32H32N2O11S2/c1-43-25-9-13-27(14-10-25)46(39,40)33(21-31(35)36)24-8-17-29(30(20-24)45-19-18-23-6-4-3-5-7-23)34(22-32(37)38)47(41,42)28-15-11-26(44-2)12-16-28/h3-17,20H,18-19,21-22H2,1-2H3,(H,35,36)(H,37,38). The lowest BCUT2D eigenvalue weighted by atomic mass is 10.2. The molecule has 0 aliphatic carbocycles. The zero-order valence-electron chi connectivity index (χ0n) is 25.3. The summed E-state index contributed by atoms with van der Waals surface area (Å²) in [5.74, 6) is -2.39. The molecule has 0 aromatic heterocycles. The van der Waals surface area contributed by atoms with Gasteiger partial charge in [0.05, 0.1) is 42.0 Å². The molecule has 0 fully saturated rings. The van der Waals surface area contributed by atoms with Crippen molar-refractivity contribution in [2.24, 2.45) is 0 Å². The van der Waals surface area contributed by atoms with E-state index >= 15 is 0 Å². The van der Waals surface area contributed by atoms with Crippen LogP contribution in [-0.4, -0.2) is 72.9 Å². The molecule has 0 saturated heterocycles. The fourth-order valence-corrected chi connectivity index (χ4v) is 7.34. The van der Waals surface area contributed by atoms with Crippen LogP contribution in [0.2, 0.25) is 0 Å². The van der Waals surface area contributed by atoms with Crippen molar-refractivity contribution in [1.82, 2.24) is 0 Å². The summed E-state index contributed by atoms with van der Waals surface area (Å²) in [6.45, 7) is -2.01. The number of carboxylic acids is 2. The molecule has 0 spiro atoms. The third-order valence-electron chi connectivity index (χ3n) is 6.84. The number of rotatable bonds is 16. The molecule has 0 amide bonds. The smallest absolute Gasteiger partial charge is 0.324 e. The van der Waals surface area contributed by atoms with E-state index in [9.17, 15) is 36.6 Å². The van der Waals surface area contributed by atoms with Gasteiger partial charge in [0, 0.05) is 12.5 Å². The van der Waals surface area contributed by atoms with Crippen molar-refractivity contribution < 1.29 is 50.8 Å². The molecule has 4 rings (SSSR count). The lowest BCUT2D eigenvalue weighted by Crippen LogP contribution is -2.37. The first-order chi connectivity index (χ1) is 22.4. The van der Waals surface area contributed by atoms with E-state index in [4.69, 9.17) is 14.2 Å². The Labute approximate surface area is 272 Å². The third kappa shape index (κ3) is 8.31. The monoisotopic (exact) mass is 684 g/mol. The maximum atomic E-state index is 13.8. The molecule has 248 valence electrons. The first kappa shape index (κ1) is 34.6. The van der Waals surface area contributed by atoms with Crippen LogP contribution in [0.4, 0.5) is 11.4 Å². The number of aliphatic carboxylic acids is 2. The molecule has 13 nitrogen and oxygen atoms in total. The molecule has 4 aromatic rings. The number of benzene rings is 4. The quantitative estimate of drug-likeness (QED) is 0.175. The molecule has 0 heterocycles. The minimum atomic E-state index is -4.52. The number of carboxylic acid groups (broad SMARTS) is 2. The summed E-state index contributed by atoms with van der Waals surface area (Å²) >= 11 is 0. The maximum Gasteiger partial charge on any atom is 0.324 e. The summed E-state index contributed by atoms with van der Waals surface area (Å²) in [5, 5.41) is 19.4. The molecule has 0 radical (unpaired) electrons. The Balaban J connectivity index is 1.85. The highest BCUT2D eigenvalue weighted by molar-refractivity contribution is 7.93. The van der Waals surface area contributed by atoms with Crippen molar-refractivity contribution in [3.8, 4) is 17.2 Å². The Morgan fingerprint density at radius 2 is 1.15 bits per heavy atom. The highest BCUT2D eigenvalue weighted by Crippen LogP contribution is 2.38. The molecular weight excluding hydrogens is 652 g/mol. The Hall–Kier alpha value is -5.28.